The van der Waals surface area contributed by atoms with Gasteiger partial charge in [0.1, 0.15) is 24.4 Å². The van der Waals surface area contributed by atoms with E-state index < -0.39 is 42.7 Å². The number of aliphatic hydroxyl groups is 5. The summed E-state index contributed by atoms with van der Waals surface area (Å²) in [4.78, 5) is 0. The molecule has 6 atom stereocenters. The highest BCUT2D eigenvalue weighted by atomic mass is 16.7. The van der Waals surface area contributed by atoms with Crippen LogP contribution < -0.4 is 0 Å². The first-order chi connectivity index (χ1) is 11.4. The summed E-state index contributed by atoms with van der Waals surface area (Å²) in [7, 11) is 0. The van der Waals surface area contributed by atoms with Gasteiger partial charge in [0.15, 0.2) is 5.79 Å². The van der Waals surface area contributed by atoms with Crippen molar-refractivity contribution in [3.05, 3.63) is 0 Å². The minimum Gasteiger partial charge on any atom is -0.394 e. The maximum absolute atomic E-state index is 10.6. The molecule has 0 aliphatic carbocycles. The summed E-state index contributed by atoms with van der Waals surface area (Å²) in [6.07, 6.45) is 4.39. The summed E-state index contributed by atoms with van der Waals surface area (Å²) >= 11 is 0. The van der Waals surface area contributed by atoms with Gasteiger partial charge in [-0.05, 0) is 6.42 Å². The molecule has 0 aromatic carbocycles. The molecule has 1 heterocycles. The Morgan fingerprint density at radius 1 is 0.917 bits per heavy atom. The molecule has 1 rings (SSSR count). The number of ether oxygens (including phenoxy) is 1. The minimum atomic E-state index is -1.95. The van der Waals surface area contributed by atoms with E-state index in [4.69, 9.17) is 4.74 Å². The highest BCUT2D eigenvalue weighted by Crippen LogP contribution is 2.36. The van der Waals surface area contributed by atoms with Crippen molar-refractivity contribution < 1.29 is 30.3 Å². The Morgan fingerprint density at radius 2 is 1.46 bits per heavy atom. The zero-order chi connectivity index (χ0) is 18.2. The van der Waals surface area contributed by atoms with Gasteiger partial charge in [0.25, 0.3) is 0 Å². The lowest BCUT2D eigenvalue weighted by Gasteiger charge is -2.48. The van der Waals surface area contributed by atoms with Crippen LogP contribution in [0.4, 0.5) is 0 Å². The topological polar surface area (TPSA) is 110 Å². The molecule has 1 fully saturated rings. The fraction of sp³-hybridized carbons (Fsp3) is 1.00. The van der Waals surface area contributed by atoms with Crippen LogP contribution in [0.2, 0.25) is 0 Å². The average Bonchev–Trinajstić information content (AvgIpc) is 2.58. The van der Waals surface area contributed by atoms with Crippen molar-refractivity contribution in [3.63, 3.8) is 0 Å². The van der Waals surface area contributed by atoms with Crippen LogP contribution in [-0.4, -0.2) is 62.3 Å². The van der Waals surface area contributed by atoms with E-state index in [2.05, 4.69) is 6.92 Å². The van der Waals surface area contributed by atoms with E-state index in [-0.39, 0.29) is 0 Å². The molecule has 1 aliphatic rings. The molecular formula is C18H36O6. The Labute approximate surface area is 145 Å². The summed E-state index contributed by atoms with van der Waals surface area (Å²) in [6, 6.07) is 0. The standard InChI is InChI=1S/C18H36O6/c1-3-4-5-6-7-8-9-10-11-13(2)18(23)17(22)16(21)15(20)14(12-19)24-18/h13-17,19-23H,3-12H2,1-2H3/t13?,14-,15-,16+,17-,18?/m1/s1. The van der Waals surface area contributed by atoms with E-state index in [0.717, 1.165) is 19.3 Å². The summed E-state index contributed by atoms with van der Waals surface area (Å²) in [5.74, 6) is -2.36. The lowest BCUT2D eigenvalue weighted by molar-refractivity contribution is -0.367. The van der Waals surface area contributed by atoms with E-state index in [1.165, 1.54) is 32.1 Å². The van der Waals surface area contributed by atoms with Crippen molar-refractivity contribution in [1.29, 1.82) is 0 Å². The maximum atomic E-state index is 10.6. The van der Waals surface area contributed by atoms with Crippen molar-refractivity contribution in [2.75, 3.05) is 6.61 Å². The Hall–Kier alpha value is -0.240. The molecule has 0 amide bonds. The fourth-order valence-electron chi connectivity index (χ4n) is 3.38. The Kier molecular flexibility index (Phi) is 9.71. The van der Waals surface area contributed by atoms with Gasteiger partial charge in [-0.15, -0.1) is 0 Å². The van der Waals surface area contributed by atoms with E-state index in [1.807, 2.05) is 0 Å². The lowest BCUT2D eigenvalue weighted by Crippen LogP contribution is -2.67. The summed E-state index contributed by atoms with van der Waals surface area (Å²) in [5.41, 5.74) is 0. The van der Waals surface area contributed by atoms with Gasteiger partial charge < -0.3 is 30.3 Å². The monoisotopic (exact) mass is 348 g/mol. The van der Waals surface area contributed by atoms with Crippen LogP contribution >= 0.6 is 0 Å². The number of unbranched alkanes of at least 4 members (excludes halogenated alkanes) is 7. The third-order valence-electron chi connectivity index (χ3n) is 5.19. The third-order valence-corrected chi connectivity index (χ3v) is 5.19. The quantitative estimate of drug-likeness (QED) is 0.360. The van der Waals surface area contributed by atoms with Crippen LogP contribution in [0.5, 0.6) is 0 Å². The predicted octanol–water partition coefficient (Wildman–Crippen LogP) is 1.32. The van der Waals surface area contributed by atoms with Gasteiger partial charge in [-0.3, -0.25) is 0 Å². The largest absolute Gasteiger partial charge is 0.394 e. The summed E-state index contributed by atoms with van der Waals surface area (Å²) < 4.78 is 5.35. The number of hydrogen-bond donors (Lipinski definition) is 5. The maximum Gasteiger partial charge on any atom is 0.197 e. The zero-order valence-corrected chi connectivity index (χ0v) is 15.1. The van der Waals surface area contributed by atoms with Crippen LogP contribution in [0.1, 0.15) is 71.6 Å². The molecule has 0 spiro atoms. The van der Waals surface area contributed by atoms with Crippen LogP contribution in [0.3, 0.4) is 0 Å². The van der Waals surface area contributed by atoms with Crippen molar-refractivity contribution in [2.45, 2.75) is 102 Å². The second-order valence-electron chi connectivity index (χ2n) is 7.18. The van der Waals surface area contributed by atoms with E-state index >= 15 is 0 Å². The van der Waals surface area contributed by atoms with Crippen molar-refractivity contribution in [3.8, 4) is 0 Å². The van der Waals surface area contributed by atoms with Gasteiger partial charge in [-0.2, -0.15) is 0 Å². The molecule has 6 heteroatoms. The number of rotatable bonds is 11. The second kappa shape index (κ2) is 10.7. The molecule has 0 bridgehead atoms. The van der Waals surface area contributed by atoms with Gasteiger partial charge in [0, 0.05) is 5.92 Å². The molecular weight excluding hydrogens is 312 g/mol. The lowest BCUT2D eigenvalue weighted by atomic mass is 9.83. The zero-order valence-electron chi connectivity index (χ0n) is 15.1. The van der Waals surface area contributed by atoms with Gasteiger partial charge in [-0.25, -0.2) is 0 Å². The fourth-order valence-corrected chi connectivity index (χ4v) is 3.38. The Morgan fingerprint density at radius 3 is 2.00 bits per heavy atom. The number of hydrogen-bond acceptors (Lipinski definition) is 6. The SMILES string of the molecule is CCCCCCCCCCC(C)C1(O)O[C@H](CO)[C@@H](O)[C@H](O)[C@H]1O. The first-order valence-corrected chi connectivity index (χ1v) is 9.43. The number of aliphatic hydroxyl groups excluding tert-OH is 4. The molecule has 0 saturated carbocycles. The first kappa shape index (κ1) is 21.8. The average molecular weight is 348 g/mol. The predicted molar refractivity (Wildman–Crippen MR) is 91.3 cm³/mol. The normalized spacial score (nSPS) is 35.1. The molecule has 24 heavy (non-hydrogen) atoms. The molecule has 0 aromatic rings. The minimum absolute atomic E-state index is 0.413. The molecule has 5 N–H and O–H groups in total. The molecule has 144 valence electrons. The summed E-state index contributed by atoms with van der Waals surface area (Å²) in [5, 5.41) is 49.6. The van der Waals surface area contributed by atoms with Gasteiger partial charge >= 0.3 is 0 Å². The first-order valence-electron chi connectivity index (χ1n) is 9.43. The van der Waals surface area contributed by atoms with Crippen molar-refractivity contribution in [2.24, 2.45) is 5.92 Å². The van der Waals surface area contributed by atoms with Crippen LogP contribution in [-0.2, 0) is 4.74 Å². The van der Waals surface area contributed by atoms with Crippen LogP contribution in [0.15, 0.2) is 0 Å². The molecule has 0 radical (unpaired) electrons. The van der Waals surface area contributed by atoms with Gasteiger partial charge in [-0.1, -0.05) is 65.2 Å². The third kappa shape index (κ3) is 5.64. The van der Waals surface area contributed by atoms with Gasteiger partial charge in [0.2, 0.25) is 0 Å². The van der Waals surface area contributed by atoms with E-state index in [9.17, 15) is 25.5 Å². The Balaban J connectivity index is 2.38. The Bertz CT molecular complexity index is 337. The van der Waals surface area contributed by atoms with E-state index in [0.29, 0.717) is 6.42 Å². The van der Waals surface area contributed by atoms with Crippen molar-refractivity contribution >= 4 is 0 Å². The highest BCUT2D eigenvalue weighted by molar-refractivity contribution is 4.98. The van der Waals surface area contributed by atoms with Gasteiger partial charge in [0.05, 0.1) is 6.61 Å². The smallest absolute Gasteiger partial charge is 0.197 e. The highest BCUT2D eigenvalue weighted by Gasteiger charge is 2.54. The molecule has 1 aliphatic heterocycles. The molecule has 2 unspecified atom stereocenters. The van der Waals surface area contributed by atoms with E-state index in [1.54, 1.807) is 6.92 Å². The molecule has 0 aromatic heterocycles. The molecule has 6 nitrogen and oxygen atoms in total. The second-order valence-corrected chi connectivity index (χ2v) is 7.18. The van der Waals surface area contributed by atoms with Crippen LogP contribution in [0, 0.1) is 5.92 Å². The van der Waals surface area contributed by atoms with Crippen molar-refractivity contribution in [1.82, 2.24) is 0 Å². The molecule has 1 saturated heterocycles. The van der Waals surface area contributed by atoms with Crippen LogP contribution in [0.25, 0.3) is 0 Å². The summed E-state index contributed by atoms with van der Waals surface area (Å²) in [6.45, 7) is 3.42.